The summed E-state index contributed by atoms with van der Waals surface area (Å²) in [6, 6.07) is 3.41. The minimum atomic E-state index is 0.744. The number of rotatable bonds is 3. The van der Waals surface area contributed by atoms with Crippen LogP contribution >= 0.6 is 0 Å². The molecule has 1 aromatic heterocycles. The molecular weight excluding hydrogens is 374 g/mol. The Morgan fingerprint density at radius 3 is 2.30 bits per heavy atom. The van der Waals surface area contributed by atoms with E-state index < -0.39 is 0 Å². The summed E-state index contributed by atoms with van der Waals surface area (Å²) in [6.07, 6.45) is 11.9. The molecule has 6 heteroatoms. The van der Waals surface area contributed by atoms with Crippen LogP contribution < -0.4 is 19.7 Å². The quantitative estimate of drug-likeness (QED) is 0.819. The number of nitrogens with zero attached hydrogens (tertiary/aromatic N) is 3. The smallest absolute Gasteiger partial charge is 0.240 e. The fraction of sp³-hybridized carbons (Fsp3) is 0.750. The highest BCUT2D eigenvalue weighted by atomic mass is 16.5. The summed E-state index contributed by atoms with van der Waals surface area (Å²) >= 11 is 0. The lowest BCUT2D eigenvalue weighted by atomic mass is 9.89. The topological polar surface area (TPSA) is 58.1 Å². The second-order valence-corrected chi connectivity index (χ2v) is 9.58. The van der Waals surface area contributed by atoms with Crippen LogP contribution in [0.1, 0.15) is 68.1 Å². The van der Waals surface area contributed by atoms with E-state index in [9.17, 15) is 5.26 Å². The highest BCUT2D eigenvalue weighted by Crippen LogP contribution is 2.31. The van der Waals surface area contributed by atoms with Gasteiger partial charge in [-0.1, -0.05) is 6.42 Å². The van der Waals surface area contributed by atoms with Crippen molar-refractivity contribution in [1.82, 2.24) is 0 Å². The average molecular weight is 412 g/mol. The summed E-state index contributed by atoms with van der Waals surface area (Å²) in [5, 5.41) is 10.2. The van der Waals surface area contributed by atoms with Gasteiger partial charge in [0.05, 0.1) is 57.5 Å². The van der Waals surface area contributed by atoms with Gasteiger partial charge >= 0.3 is 0 Å². The van der Waals surface area contributed by atoms with E-state index in [4.69, 9.17) is 4.74 Å². The van der Waals surface area contributed by atoms with Gasteiger partial charge in [-0.05, 0) is 50.5 Å². The molecule has 3 aliphatic heterocycles. The fourth-order valence-electron chi connectivity index (χ4n) is 6.15. The molecule has 3 fully saturated rings. The molecule has 4 aliphatic rings. The van der Waals surface area contributed by atoms with Crippen molar-refractivity contribution in [1.29, 1.82) is 5.26 Å². The molecule has 162 valence electrons. The van der Waals surface area contributed by atoms with E-state index in [0.717, 1.165) is 69.8 Å². The highest BCUT2D eigenvalue weighted by molar-refractivity contribution is 5.62. The summed E-state index contributed by atoms with van der Waals surface area (Å²) in [4.78, 5) is 10.5. The molecule has 1 saturated carbocycles. The zero-order valence-corrected chi connectivity index (χ0v) is 18.3. The molecule has 0 aromatic carbocycles. The third kappa shape index (κ3) is 3.90. The number of hydrogen-bond acceptors (Lipinski definition) is 4. The molecule has 0 spiro atoms. The summed E-state index contributed by atoms with van der Waals surface area (Å²) in [5.74, 6) is 2.36. The number of pyridine rings is 1. The molecule has 2 saturated heterocycles. The largest absolute Gasteiger partial charge is 0.375 e. The van der Waals surface area contributed by atoms with Crippen molar-refractivity contribution >= 4 is 11.6 Å². The second kappa shape index (κ2) is 9.11. The number of aromatic nitrogens is 1. The zero-order chi connectivity index (χ0) is 20.3. The minimum absolute atomic E-state index is 0.744. The molecule has 0 bridgehead atoms. The van der Waals surface area contributed by atoms with Crippen LogP contribution in [0, 0.1) is 11.3 Å². The van der Waals surface area contributed by atoms with Crippen molar-refractivity contribution in [3.63, 3.8) is 0 Å². The van der Waals surface area contributed by atoms with E-state index in [0.29, 0.717) is 0 Å². The third-order valence-corrected chi connectivity index (χ3v) is 7.82. The van der Waals surface area contributed by atoms with Gasteiger partial charge in [-0.15, -0.1) is 0 Å². The van der Waals surface area contributed by atoms with Gasteiger partial charge in [-0.25, -0.2) is 4.98 Å². The van der Waals surface area contributed by atoms with Crippen molar-refractivity contribution in [3.8, 4) is 6.07 Å². The first kappa shape index (κ1) is 20.1. The Labute approximate surface area is 180 Å². The van der Waals surface area contributed by atoms with Gasteiger partial charge in [-0.2, -0.15) is 5.26 Å². The van der Waals surface area contributed by atoms with E-state index in [-0.39, 0.29) is 0 Å². The molecule has 6 nitrogen and oxygen atoms in total. The lowest BCUT2D eigenvalue weighted by Crippen LogP contribution is -3.15. The molecule has 2 N–H and O–H groups in total. The summed E-state index contributed by atoms with van der Waals surface area (Å²) < 4.78 is 5.58. The van der Waals surface area contributed by atoms with Crippen molar-refractivity contribution in [2.75, 3.05) is 55.7 Å². The average Bonchev–Trinajstić information content (AvgIpc) is 2.84. The number of ether oxygens (including phenoxy) is 1. The van der Waals surface area contributed by atoms with E-state index in [1.807, 2.05) is 0 Å². The van der Waals surface area contributed by atoms with Crippen LogP contribution in [0.5, 0.6) is 0 Å². The molecule has 1 unspecified atom stereocenters. The lowest BCUT2D eigenvalue weighted by molar-refractivity contribution is -0.942. The first-order valence-corrected chi connectivity index (χ1v) is 12.3. The van der Waals surface area contributed by atoms with E-state index in [1.165, 1.54) is 74.9 Å². The first-order chi connectivity index (χ1) is 14.8. The number of H-pyrrole nitrogens is 1. The van der Waals surface area contributed by atoms with E-state index in [2.05, 4.69) is 20.9 Å². The highest BCUT2D eigenvalue weighted by Gasteiger charge is 2.37. The van der Waals surface area contributed by atoms with Gasteiger partial charge in [-0.3, -0.25) is 9.80 Å². The van der Waals surface area contributed by atoms with Crippen LogP contribution in [-0.4, -0.2) is 52.0 Å². The molecule has 0 radical (unpaired) electrons. The molecule has 0 amide bonds. The fourth-order valence-corrected chi connectivity index (χ4v) is 6.15. The molecule has 5 rings (SSSR count). The Morgan fingerprint density at radius 1 is 0.867 bits per heavy atom. The molecule has 4 heterocycles. The number of hydrogen-bond donors (Lipinski definition) is 1. The van der Waals surface area contributed by atoms with Gasteiger partial charge < -0.3 is 9.64 Å². The Kier molecular flexibility index (Phi) is 6.10. The van der Waals surface area contributed by atoms with Crippen molar-refractivity contribution in [2.24, 2.45) is 0 Å². The Hall–Kier alpha value is -1.84. The van der Waals surface area contributed by atoms with Gasteiger partial charge in [0.25, 0.3) is 0 Å². The van der Waals surface area contributed by atoms with Gasteiger partial charge in [0.15, 0.2) is 0 Å². The summed E-state index contributed by atoms with van der Waals surface area (Å²) in [5.41, 5.74) is 3.67. The number of nitrogens with one attached hydrogen (secondary N) is 2. The molecule has 1 aromatic rings. The van der Waals surface area contributed by atoms with Crippen LogP contribution in [0.4, 0.5) is 11.6 Å². The van der Waals surface area contributed by atoms with Crippen LogP contribution in [0.25, 0.3) is 0 Å². The maximum Gasteiger partial charge on any atom is 0.240 e. The van der Waals surface area contributed by atoms with E-state index >= 15 is 0 Å². The Balaban J connectivity index is 1.54. The van der Waals surface area contributed by atoms with Crippen molar-refractivity contribution in [2.45, 2.75) is 70.4 Å². The van der Waals surface area contributed by atoms with Crippen molar-refractivity contribution < 1.29 is 14.6 Å². The maximum absolute atomic E-state index is 10.2. The summed E-state index contributed by atoms with van der Waals surface area (Å²) in [7, 11) is 0. The number of anilines is 2. The minimum Gasteiger partial charge on any atom is -0.375 e. The number of fused-ring (bicyclic) bond motifs is 1. The predicted octanol–water partition coefficient (Wildman–Crippen LogP) is 1.47. The third-order valence-electron chi connectivity index (χ3n) is 7.82. The number of morpholine rings is 1. The number of aromatic amines is 1. The molecule has 1 atom stereocenters. The number of nitriles is 1. The molecule has 30 heavy (non-hydrogen) atoms. The second-order valence-electron chi connectivity index (χ2n) is 9.58. The van der Waals surface area contributed by atoms with Crippen LogP contribution in [-0.2, 0) is 17.7 Å². The standard InChI is InChI=1S/C24H35N5O/c25-17-21-20-9-12-29(19-7-3-1-4-8-19)18-22(20)24(27-10-5-2-6-11-27)26-23(21)28-13-15-30-16-14-28/h19H,1-16,18H2/p+2. The zero-order valence-electron chi connectivity index (χ0n) is 18.3. The predicted molar refractivity (Wildman–Crippen MR) is 117 cm³/mol. The maximum atomic E-state index is 10.2. The SMILES string of the molecule is N#Cc1c(N2CCOCC2)[nH+]c(N2CCCCC2)c2c1CC[NH+](C1CCCCC1)C2. The van der Waals surface area contributed by atoms with Crippen molar-refractivity contribution in [3.05, 3.63) is 16.7 Å². The first-order valence-electron chi connectivity index (χ1n) is 12.3. The van der Waals surface area contributed by atoms with Crippen LogP contribution in [0.2, 0.25) is 0 Å². The van der Waals surface area contributed by atoms with Crippen LogP contribution in [0.3, 0.4) is 0 Å². The lowest BCUT2D eigenvalue weighted by Gasteiger charge is -2.37. The van der Waals surface area contributed by atoms with Gasteiger partial charge in [0.2, 0.25) is 11.6 Å². The Bertz CT molecular complexity index is 786. The number of piperidine rings is 1. The van der Waals surface area contributed by atoms with Crippen LogP contribution in [0.15, 0.2) is 0 Å². The Morgan fingerprint density at radius 2 is 1.57 bits per heavy atom. The summed E-state index contributed by atoms with van der Waals surface area (Å²) in [6.45, 7) is 7.75. The molecule has 1 aliphatic carbocycles. The normalized spacial score (nSPS) is 25.6. The monoisotopic (exact) mass is 411 g/mol. The van der Waals surface area contributed by atoms with Gasteiger partial charge in [0, 0.05) is 6.42 Å². The number of quaternary nitrogens is 1. The van der Waals surface area contributed by atoms with Gasteiger partial charge in [0.1, 0.15) is 18.2 Å². The van der Waals surface area contributed by atoms with E-state index in [1.54, 1.807) is 4.90 Å². The molecular formula is C24H37N5O+2.